The number of anilines is 1. The van der Waals surface area contributed by atoms with Crippen molar-refractivity contribution in [3.63, 3.8) is 0 Å². The van der Waals surface area contributed by atoms with Crippen molar-refractivity contribution in [2.24, 2.45) is 0 Å². The van der Waals surface area contributed by atoms with Gasteiger partial charge in [-0.05, 0) is 31.4 Å². The number of carboxylic acids is 1. The van der Waals surface area contributed by atoms with Crippen LogP contribution in [-0.4, -0.2) is 28.6 Å². The van der Waals surface area contributed by atoms with Crippen LogP contribution >= 0.6 is 0 Å². The van der Waals surface area contributed by atoms with Crippen LogP contribution in [0.1, 0.15) is 19.3 Å². The van der Waals surface area contributed by atoms with Crippen molar-refractivity contribution in [3.8, 4) is 0 Å². The molecule has 0 spiro atoms. The summed E-state index contributed by atoms with van der Waals surface area (Å²) in [4.78, 5) is 22.9. The standard InChI is InChI=1S/C12H13FN2O4/c13-8-4-5-9(11(7-8)15(18)19)14-6-2-1-3-10(14)12(16)17/h4-5,7,10H,1-3,6H2,(H,16,17)/t10-/m1/s1. The first-order chi connectivity index (χ1) is 9.00. The van der Waals surface area contributed by atoms with Gasteiger partial charge in [-0.15, -0.1) is 0 Å². The normalized spacial score (nSPS) is 19.2. The predicted octanol–water partition coefficient (Wildman–Crippen LogP) is 2.18. The molecule has 0 unspecified atom stereocenters. The van der Waals surface area contributed by atoms with Gasteiger partial charge in [-0.3, -0.25) is 10.1 Å². The van der Waals surface area contributed by atoms with E-state index in [1.165, 1.54) is 11.0 Å². The fourth-order valence-electron chi connectivity index (χ4n) is 2.36. The van der Waals surface area contributed by atoms with Crippen LogP contribution in [0.3, 0.4) is 0 Å². The number of nitrogens with zero attached hydrogens (tertiary/aromatic N) is 2. The topological polar surface area (TPSA) is 83.7 Å². The van der Waals surface area contributed by atoms with Gasteiger partial charge in [0.25, 0.3) is 5.69 Å². The summed E-state index contributed by atoms with van der Waals surface area (Å²) in [5, 5.41) is 20.1. The largest absolute Gasteiger partial charge is 0.480 e. The van der Waals surface area contributed by atoms with Gasteiger partial charge < -0.3 is 10.0 Å². The van der Waals surface area contributed by atoms with Crippen molar-refractivity contribution in [2.75, 3.05) is 11.4 Å². The maximum atomic E-state index is 13.1. The number of benzene rings is 1. The minimum Gasteiger partial charge on any atom is -0.480 e. The Morgan fingerprint density at radius 2 is 2.21 bits per heavy atom. The maximum Gasteiger partial charge on any atom is 0.326 e. The molecule has 19 heavy (non-hydrogen) atoms. The van der Waals surface area contributed by atoms with Gasteiger partial charge in [0.1, 0.15) is 17.5 Å². The van der Waals surface area contributed by atoms with Gasteiger partial charge in [0.15, 0.2) is 0 Å². The number of hydrogen-bond acceptors (Lipinski definition) is 4. The quantitative estimate of drug-likeness (QED) is 0.671. The van der Waals surface area contributed by atoms with E-state index in [0.29, 0.717) is 13.0 Å². The summed E-state index contributed by atoms with van der Waals surface area (Å²) in [6.45, 7) is 0.420. The molecule has 7 heteroatoms. The zero-order chi connectivity index (χ0) is 14.0. The van der Waals surface area contributed by atoms with Crippen molar-refractivity contribution >= 4 is 17.3 Å². The number of nitro benzene ring substituents is 1. The molecule has 6 nitrogen and oxygen atoms in total. The van der Waals surface area contributed by atoms with E-state index >= 15 is 0 Å². The van der Waals surface area contributed by atoms with Gasteiger partial charge >= 0.3 is 5.97 Å². The lowest BCUT2D eigenvalue weighted by atomic mass is 10.0. The van der Waals surface area contributed by atoms with Crippen molar-refractivity contribution in [2.45, 2.75) is 25.3 Å². The maximum absolute atomic E-state index is 13.1. The van der Waals surface area contributed by atoms with E-state index in [-0.39, 0.29) is 5.69 Å². The van der Waals surface area contributed by atoms with Crippen LogP contribution < -0.4 is 4.90 Å². The average molecular weight is 268 g/mol. The van der Waals surface area contributed by atoms with Crippen molar-refractivity contribution in [1.29, 1.82) is 0 Å². The highest BCUT2D eigenvalue weighted by Crippen LogP contribution is 2.33. The molecule has 1 atom stereocenters. The number of carboxylic acid groups (broad SMARTS) is 1. The predicted molar refractivity (Wildman–Crippen MR) is 65.7 cm³/mol. The molecular formula is C12H13FN2O4. The second-order valence-electron chi connectivity index (χ2n) is 4.43. The van der Waals surface area contributed by atoms with E-state index in [1.807, 2.05) is 0 Å². The number of carbonyl (C=O) groups is 1. The highest BCUT2D eigenvalue weighted by Gasteiger charge is 2.32. The van der Waals surface area contributed by atoms with Crippen LogP contribution in [0.5, 0.6) is 0 Å². The Morgan fingerprint density at radius 3 is 2.84 bits per heavy atom. The first-order valence-electron chi connectivity index (χ1n) is 5.94. The minimum atomic E-state index is -1.02. The third-order valence-corrected chi connectivity index (χ3v) is 3.23. The molecule has 1 aromatic rings. The molecule has 0 radical (unpaired) electrons. The Bertz CT molecular complexity index is 520. The molecule has 1 fully saturated rings. The third kappa shape index (κ3) is 2.64. The van der Waals surface area contributed by atoms with Crippen LogP contribution in [0.15, 0.2) is 18.2 Å². The molecule has 0 aliphatic carbocycles. The fraction of sp³-hybridized carbons (Fsp3) is 0.417. The van der Waals surface area contributed by atoms with Gasteiger partial charge in [-0.2, -0.15) is 0 Å². The molecule has 1 heterocycles. The molecule has 1 aliphatic heterocycles. The summed E-state index contributed by atoms with van der Waals surface area (Å²) in [6.07, 6.45) is 1.96. The second kappa shape index (κ2) is 5.21. The highest BCUT2D eigenvalue weighted by atomic mass is 19.1. The molecule has 2 rings (SSSR count). The minimum absolute atomic E-state index is 0.165. The van der Waals surface area contributed by atoms with E-state index in [1.54, 1.807) is 0 Å². The first kappa shape index (κ1) is 13.3. The molecular weight excluding hydrogens is 255 g/mol. The first-order valence-corrected chi connectivity index (χ1v) is 5.94. The van der Waals surface area contributed by atoms with Gasteiger partial charge in [0, 0.05) is 6.54 Å². The van der Waals surface area contributed by atoms with Crippen molar-refractivity contribution < 1.29 is 19.2 Å². The Labute approximate surface area is 108 Å². The number of piperidine rings is 1. The lowest BCUT2D eigenvalue weighted by Gasteiger charge is -2.34. The highest BCUT2D eigenvalue weighted by molar-refractivity contribution is 5.80. The molecule has 1 N–H and O–H groups in total. The van der Waals surface area contributed by atoms with Crippen molar-refractivity contribution in [3.05, 3.63) is 34.1 Å². The summed E-state index contributed by atoms with van der Waals surface area (Å²) in [5.74, 6) is -1.72. The van der Waals surface area contributed by atoms with Gasteiger partial charge in [0.2, 0.25) is 0 Å². The third-order valence-electron chi connectivity index (χ3n) is 3.23. The summed E-state index contributed by atoms with van der Waals surface area (Å²) >= 11 is 0. The smallest absolute Gasteiger partial charge is 0.326 e. The van der Waals surface area contributed by atoms with Gasteiger partial charge in [0.05, 0.1) is 11.0 Å². The Kier molecular flexibility index (Phi) is 3.64. The number of aliphatic carboxylic acids is 1. The summed E-state index contributed by atoms with van der Waals surface area (Å²) < 4.78 is 13.1. The summed E-state index contributed by atoms with van der Waals surface area (Å²) in [5.41, 5.74) is -0.230. The Morgan fingerprint density at radius 1 is 1.47 bits per heavy atom. The number of rotatable bonds is 3. The SMILES string of the molecule is O=C(O)[C@H]1CCCCN1c1ccc(F)cc1[N+](=O)[O-]. The van der Waals surface area contributed by atoms with E-state index in [4.69, 9.17) is 5.11 Å². The number of hydrogen-bond donors (Lipinski definition) is 1. The van der Waals surface area contributed by atoms with Crippen LogP contribution in [0.2, 0.25) is 0 Å². The summed E-state index contributed by atoms with van der Waals surface area (Å²) in [7, 11) is 0. The van der Waals surface area contributed by atoms with Crippen LogP contribution in [0.4, 0.5) is 15.8 Å². The fourth-order valence-corrected chi connectivity index (χ4v) is 2.36. The van der Waals surface area contributed by atoms with Crippen molar-refractivity contribution in [1.82, 2.24) is 0 Å². The molecule has 0 bridgehead atoms. The Hall–Kier alpha value is -2.18. The molecule has 0 aromatic heterocycles. The van der Waals surface area contributed by atoms with Gasteiger partial charge in [-0.1, -0.05) is 0 Å². The second-order valence-corrected chi connectivity index (χ2v) is 4.43. The average Bonchev–Trinajstić information content (AvgIpc) is 2.38. The van der Waals surface area contributed by atoms with E-state index in [0.717, 1.165) is 25.0 Å². The van der Waals surface area contributed by atoms with Crippen LogP contribution in [0.25, 0.3) is 0 Å². The van der Waals surface area contributed by atoms with Gasteiger partial charge in [-0.25, -0.2) is 9.18 Å². The van der Waals surface area contributed by atoms with Crippen LogP contribution in [-0.2, 0) is 4.79 Å². The lowest BCUT2D eigenvalue weighted by Crippen LogP contribution is -2.45. The van der Waals surface area contributed by atoms with E-state index in [2.05, 4.69) is 0 Å². The molecule has 1 aliphatic rings. The Balaban J connectivity index is 2.44. The van der Waals surface area contributed by atoms with E-state index < -0.39 is 28.4 Å². The zero-order valence-corrected chi connectivity index (χ0v) is 10.1. The zero-order valence-electron chi connectivity index (χ0n) is 10.1. The monoisotopic (exact) mass is 268 g/mol. The molecule has 0 saturated carbocycles. The molecule has 0 amide bonds. The molecule has 102 valence electrons. The summed E-state index contributed by atoms with van der Waals surface area (Å²) in [6, 6.07) is 2.41. The molecule has 1 saturated heterocycles. The molecule has 1 aromatic carbocycles. The number of halogens is 1. The lowest BCUT2D eigenvalue weighted by molar-refractivity contribution is -0.384. The number of nitro groups is 1. The van der Waals surface area contributed by atoms with Crippen LogP contribution in [0, 0.1) is 15.9 Å². The van der Waals surface area contributed by atoms with E-state index in [9.17, 15) is 19.3 Å².